The number of hydrogen-bond acceptors (Lipinski definition) is 12. The Bertz CT molecular complexity index is 4410. The Hall–Kier alpha value is -9.27. The molecule has 0 radical (unpaired) electrons. The van der Waals surface area contributed by atoms with Gasteiger partial charge in [-0.2, -0.15) is 0 Å². The maximum absolute atomic E-state index is 12.3. The van der Waals surface area contributed by atoms with Gasteiger partial charge in [-0.1, -0.05) is 272 Å². The molecule has 4 unspecified atom stereocenters. The van der Waals surface area contributed by atoms with Crippen LogP contribution in [-0.2, 0) is 62.6 Å². The third-order valence-corrected chi connectivity index (χ3v) is 14.7. The van der Waals surface area contributed by atoms with Gasteiger partial charge >= 0.3 is 81.2 Å². The van der Waals surface area contributed by atoms with Crippen molar-refractivity contribution in [2.45, 2.75) is 51.0 Å². The van der Waals surface area contributed by atoms with E-state index >= 15 is 0 Å². The molecule has 0 aliphatic rings. The quantitative estimate of drug-likeness (QED) is 0.0445. The van der Waals surface area contributed by atoms with Crippen molar-refractivity contribution in [2.24, 2.45) is 0 Å². The molecule has 0 aliphatic heterocycles. The Morgan fingerprint density at radius 1 is 0.366 bits per heavy atom. The van der Waals surface area contributed by atoms with Crippen LogP contribution in [-0.4, -0.2) is 75.1 Å². The van der Waals surface area contributed by atoms with E-state index in [1.54, 1.807) is 24.3 Å². The molecule has 0 saturated heterocycles. The number of benzene rings is 12. The number of hydrogen-bond donors (Lipinski definition) is 5. The second kappa shape index (κ2) is 36.7. The van der Waals surface area contributed by atoms with Crippen LogP contribution < -0.4 is 51.4 Å². The van der Waals surface area contributed by atoms with E-state index in [0.717, 1.165) is 81.7 Å². The largest absolute Gasteiger partial charge is 1.00 e. The molecule has 0 bridgehead atoms. The molecule has 12 aromatic rings. The fourth-order valence-corrected chi connectivity index (χ4v) is 10.3. The molecule has 6 N–H and O–H groups in total. The summed E-state index contributed by atoms with van der Waals surface area (Å²) < 4.78 is 21.1. The molecular weight excluding hydrogens is 1200 g/mol. The average Bonchev–Trinajstić information content (AvgIpc) is 0.878. The average molecular weight is 1270 g/mol. The monoisotopic (exact) mass is 1270 g/mol. The van der Waals surface area contributed by atoms with Crippen molar-refractivity contribution in [3.8, 4) is 0 Å². The van der Waals surface area contributed by atoms with Gasteiger partial charge in [0, 0.05) is 0 Å². The Balaban J connectivity index is 0.000000186. The summed E-state index contributed by atoms with van der Waals surface area (Å²) in [5.74, 6) is -4.03. The molecule has 0 amide bonds. The van der Waals surface area contributed by atoms with Gasteiger partial charge in [0.1, 0.15) is 0 Å². The van der Waals surface area contributed by atoms with Crippen LogP contribution in [0.5, 0.6) is 0 Å². The van der Waals surface area contributed by atoms with Gasteiger partial charge in [0.15, 0.2) is 24.4 Å². The van der Waals surface area contributed by atoms with Crippen molar-refractivity contribution >= 4 is 83.7 Å². The van der Waals surface area contributed by atoms with E-state index in [1.807, 2.05) is 244 Å². The smallest absolute Gasteiger partial charge is 0.870 e. The number of esters is 2. The van der Waals surface area contributed by atoms with Crippen molar-refractivity contribution in [2.75, 3.05) is 14.2 Å². The zero-order valence-corrected chi connectivity index (χ0v) is 54.8. The number of fused-ring (bicyclic) bond motifs is 5. The number of methoxy groups -OCH3 is 2. The number of aryl methyl sites for hydroxylation is 1. The first-order valence-corrected chi connectivity index (χ1v) is 29.0. The molecule has 0 saturated carbocycles. The van der Waals surface area contributed by atoms with Crippen LogP contribution in [0.1, 0.15) is 68.9 Å². The van der Waals surface area contributed by atoms with Gasteiger partial charge in [0.2, 0.25) is 0 Å². The van der Waals surface area contributed by atoms with Gasteiger partial charge in [0.25, 0.3) is 0 Å². The van der Waals surface area contributed by atoms with Crippen molar-refractivity contribution in [3.63, 3.8) is 0 Å². The van der Waals surface area contributed by atoms with Gasteiger partial charge < -0.3 is 50.0 Å². The number of carboxylic acid groups (broad SMARTS) is 3. The first-order chi connectivity index (χ1) is 44.1. The third kappa shape index (κ3) is 20.1. The minimum Gasteiger partial charge on any atom is -0.870 e. The first kappa shape index (κ1) is 72.8. The van der Waals surface area contributed by atoms with Crippen molar-refractivity contribution in [3.05, 3.63) is 311 Å². The van der Waals surface area contributed by atoms with Crippen molar-refractivity contribution < 1.29 is 125 Å². The summed E-state index contributed by atoms with van der Waals surface area (Å²) in [7, 11) is 2.65. The SMILES string of the molecule is COC(=O)C(O)c1cccc2ccccc12.COC(=O)C(OCc1cccc(C)c1)c1cccc2ccccc12.O=C(O)C(O)c1cccc2ccccc12.O=C(O)C(OCc1ccccc1)c1cccc2ccccc12.O=C(O)Cc1cccc2ccccc12.[K+].[OH-]. The zero-order chi connectivity index (χ0) is 64.7. The van der Waals surface area contributed by atoms with Gasteiger partial charge in [-0.25, -0.2) is 19.2 Å². The summed E-state index contributed by atoms with van der Waals surface area (Å²) >= 11 is 0. The van der Waals surface area contributed by atoms with Crippen LogP contribution in [0, 0.1) is 6.92 Å². The van der Waals surface area contributed by atoms with E-state index < -0.39 is 48.3 Å². The molecular formula is C77H69KO15. The predicted molar refractivity (Wildman–Crippen MR) is 355 cm³/mol. The van der Waals surface area contributed by atoms with Gasteiger partial charge in [0.05, 0.1) is 33.9 Å². The molecule has 468 valence electrons. The number of carboxylic acids is 3. The molecule has 16 heteroatoms. The number of carbonyl (C=O) groups excluding carboxylic acids is 2. The molecule has 4 atom stereocenters. The molecule has 0 fully saturated rings. The fourth-order valence-electron chi connectivity index (χ4n) is 10.3. The van der Waals surface area contributed by atoms with Crippen molar-refractivity contribution in [1.29, 1.82) is 0 Å². The van der Waals surface area contributed by atoms with Gasteiger partial charge in [-0.05, 0) is 99.7 Å². The summed E-state index contributed by atoms with van der Waals surface area (Å²) in [6.45, 7) is 2.65. The number of aliphatic hydroxyl groups is 2. The minimum atomic E-state index is -1.46. The predicted octanol–water partition coefficient (Wildman–Crippen LogP) is 12.1. The molecule has 12 aromatic carbocycles. The number of aliphatic carboxylic acids is 3. The number of carbonyl (C=O) groups is 5. The van der Waals surface area contributed by atoms with Crippen LogP contribution in [0.2, 0.25) is 0 Å². The van der Waals surface area contributed by atoms with Crippen LogP contribution >= 0.6 is 0 Å². The van der Waals surface area contributed by atoms with E-state index in [0.29, 0.717) is 23.3 Å². The summed E-state index contributed by atoms with van der Waals surface area (Å²) in [6, 6.07) is 84.1. The van der Waals surface area contributed by atoms with Crippen LogP contribution in [0.4, 0.5) is 0 Å². The Morgan fingerprint density at radius 3 is 1.15 bits per heavy atom. The summed E-state index contributed by atoms with van der Waals surface area (Å²) in [6.07, 6.45) is -4.33. The normalized spacial score (nSPS) is 11.7. The molecule has 12 rings (SSSR count). The second-order valence-corrected chi connectivity index (χ2v) is 20.9. The summed E-state index contributed by atoms with van der Waals surface area (Å²) in [5, 5.41) is 56.0. The molecule has 0 aliphatic carbocycles. The maximum Gasteiger partial charge on any atom is 1.00 e. The fraction of sp³-hybridized carbons (Fsp3) is 0.130. The topological polar surface area (TPSA) is 253 Å². The van der Waals surface area contributed by atoms with E-state index in [4.69, 9.17) is 24.4 Å². The Labute approximate surface area is 580 Å². The number of rotatable bonds is 16. The van der Waals surface area contributed by atoms with Crippen LogP contribution in [0.15, 0.2) is 267 Å². The van der Waals surface area contributed by atoms with E-state index in [1.165, 1.54) is 14.2 Å². The molecule has 0 aromatic heterocycles. The molecule has 93 heavy (non-hydrogen) atoms. The van der Waals surface area contributed by atoms with E-state index in [2.05, 4.69) is 10.8 Å². The zero-order valence-electron chi connectivity index (χ0n) is 51.7. The first-order valence-electron chi connectivity index (χ1n) is 29.0. The third-order valence-electron chi connectivity index (χ3n) is 14.7. The number of aliphatic hydroxyl groups excluding tert-OH is 2. The maximum atomic E-state index is 12.3. The Kier molecular flexibility index (Phi) is 28.7. The summed E-state index contributed by atoms with van der Waals surface area (Å²) in [4.78, 5) is 56.5. The number of ether oxygens (including phenoxy) is 4. The van der Waals surface area contributed by atoms with Gasteiger partial charge in [-0.15, -0.1) is 0 Å². The Morgan fingerprint density at radius 2 is 0.710 bits per heavy atom. The van der Waals surface area contributed by atoms with Crippen LogP contribution in [0.25, 0.3) is 53.9 Å². The molecule has 15 nitrogen and oxygen atoms in total. The van der Waals surface area contributed by atoms with Gasteiger partial charge in [-0.3, -0.25) is 4.79 Å². The molecule has 0 heterocycles. The minimum absolute atomic E-state index is 0. The summed E-state index contributed by atoms with van der Waals surface area (Å²) in [5.41, 5.74) is 6.53. The molecule has 0 spiro atoms. The second-order valence-electron chi connectivity index (χ2n) is 20.9. The van der Waals surface area contributed by atoms with E-state index in [9.17, 15) is 39.3 Å². The van der Waals surface area contributed by atoms with E-state index in [-0.39, 0.29) is 75.9 Å². The van der Waals surface area contributed by atoms with Crippen molar-refractivity contribution in [1.82, 2.24) is 0 Å². The standard InChI is InChI=1S/C21H20O3.C19H16O3.C13H12O3.C12H10O3.C12H10O2.K.H2O/c1-15-7-5-8-16(13-15)14-24-20(21(22)23-2)19-12-6-10-17-9-3-4-11-18(17)19;20-19(21)18(22-13-14-7-2-1-3-8-14)17-12-6-10-15-9-4-5-11-16(15)17;1-16-13(15)12(14)11-8-4-6-9-5-2-3-7-10(9)11;13-11(12(14)15)10-7-3-5-8-4-1-2-6-9(8)10;13-12(14)8-10-6-3-5-9-4-1-2-7-11(9)10;;/h3-13,20H,14H2,1-2H3;1-12,18H,13H2,(H,20,21);2-8,12,14H,1H3;1-7,11,13H,(H,14,15);1-7H,8H2,(H,13,14);;1H2/q;;;;;+1;/p-1. The van der Waals surface area contributed by atoms with Crippen LogP contribution in [0.3, 0.4) is 0 Å².